The summed E-state index contributed by atoms with van der Waals surface area (Å²) >= 11 is 0. The van der Waals surface area contributed by atoms with Crippen molar-refractivity contribution < 1.29 is 0 Å². The maximum absolute atomic E-state index is 2.24. The zero-order valence-corrected chi connectivity index (χ0v) is 17.7. The third kappa shape index (κ3) is 7.25. The Balaban J connectivity index is 0.000000314. The largest absolute Gasteiger partial charge is 0.0776 e. The molecule has 0 aliphatic heterocycles. The van der Waals surface area contributed by atoms with Crippen LogP contribution in [0.15, 0.2) is 133 Å². The lowest BCUT2D eigenvalue weighted by molar-refractivity contribution is 1.50. The molecular formula is C32H36. The molecule has 0 heteroatoms. The van der Waals surface area contributed by atoms with Gasteiger partial charge in [-0.2, -0.15) is 0 Å². The Morgan fingerprint density at radius 1 is 0.312 bits per heavy atom. The predicted octanol–water partition coefficient (Wildman–Crippen LogP) is 10.2. The van der Waals surface area contributed by atoms with Crippen molar-refractivity contribution in [2.24, 2.45) is 0 Å². The molecule has 0 fully saturated rings. The second kappa shape index (κ2) is 14.4. The number of fused-ring (bicyclic) bond motifs is 1. The summed E-state index contributed by atoms with van der Waals surface area (Å²) in [4.78, 5) is 0. The number of hydrogen-bond acceptors (Lipinski definition) is 0. The van der Waals surface area contributed by atoms with Crippen molar-refractivity contribution in [2.45, 2.75) is 28.7 Å². The normalized spacial score (nSPS) is 9.06. The van der Waals surface area contributed by atoms with Crippen LogP contribution in [0.3, 0.4) is 0 Å². The standard InChI is InChI=1S/C18H14.C10H8.C2H6.2CH4/c1-3-8-15(9-4-1)17-12-7-13-18(14-17)16-10-5-2-6-11-16;1-2-6-10-8-4-3-7-9(10)5-1;1-2;;/h1-14H;1-8H;1-2H3;2*1H4. The fourth-order valence-electron chi connectivity index (χ4n) is 3.27. The summed E-state index contributed by atoms with van der Waals surface area (Å²) in [7, 11) is 0. The molecule has 0 bridgehead atoms. The Morgan fingerprint density at radius 2 is 0.594 bits per heavy atom. The summed E-state index contributed by atoms with van der Waals surface area (Å²) in [5.74, 6) is 0. The quantitative estimate of drug-likeness (QED) is 0.266. The van der Waals surface area contributed by atoms with Crippen molar-refractivity contribution >= 4 is 10.8 Å². The van der Waals surface area contributed by atoms with Crippen molar-refractivity contribution in [1.82, 2.24) is 0 Å². The molecule has 0 unspecified atom stereocenters. The van der Waals surface area contributed by atoms with Gasteiger partial charge in [-0.05, 0) is 39.1 Å². The highest BCUT2D eigenvalue weighted by Crippen LogP contribution is 2.25. The van der Waals surface area contributed by atoms with Crippen molar-refractivity contribution in [2.75, 3.05) is 0 Å². The third-order valence-electron chi connectivity index (χ3n) is 4.74. The van der Waals surface area contributed by atoms with E-state index in [9.17, 15) is 0 Å². The molecule has 0 aliphatic carbocycles. The lowest BCUT2D eigenvalue weighted by atomic mass is 9.99. The Morgan fingerprint density at radius 3 is 0.938 bits per heavy atom. The minimum absolute atomic E-state index is 0. The summed E-state index contributed by atoms with van der Waals surface area (Å²) in [5, 5.41) is 2.62. The van der Waals surface area contributed by atoms with Crippen LogP contribution in [-0.2, 0) is 0 Å². The van der Waals surface area contributed by atoms with E-state index in [0.29, 0.717) is 0 Å². The first-order valence-corrected chi connectivity index (χ1v) is 10.5. The van der Waals surface area contributed by atoms with Gasteiger partial charge in [-0.15, -0.1) is 0 Å². The van der Waals surface area contributed by atoms with Gasteiger partial charge in [-0.3, -0.25) is 0 Å². The van der Waals surface area contributed by atoms with Crippen molar-refractivity contribution in [3.8, 4) is 22.3 Å². The van der Waals surface area contributed by atoms with Crippen LogP contribution in [0.4, 0.5) is 0 Å². The van der Waals surface area contributed by atoms with Gasteiger partial charge >= 0.3 is 0 Å². The van der Waals surface area contributed by atoms with Gasteiger partial charge in [0.1, 0.15) is 0 Å². The van der Waals surface area contributed by atoms with E-state index in [0.717, 1.165) is 0 Å². The van der Waals surface area contributed by atoms with E-state index in [1.54, 1.807) is 0 Å². The lowest BCUT2D eigenvalue weighted by Gasteiger charge is -2.05. The zero-order valence-electron chi connectivity index (χ0n) is 17.7. The highest BCUT2D eigenvalue weighted by atomic mass is 14.0. The van der Waals surface area contributed by atoms with Gasteiger partial charge < -0.3 is 0 Å². The van der Waals surface area contributed by atoms with E-state index in [2.05, 4.69) is 121 Å². The lowest BCUT2D eigenvalue weighted by Crippen LogP contribution is -1.80. The molecule has 0 amide bonds. The molecule has 0 spiro atoms. The topological polar surface area (TPSA) is 0 Å². The van der Waals surface area contributed by atoms with Gasteiger partial charge in [0.15, 0.2) is 0 Å². The molecule has 0 radical (unpaired) electrons. The van der Waals surface area contributed by atoms with E-state index in [-0.39, 0.29) is 14.9 Å². The number of rotatable bonds is 2. The molecular weight excluding hydrogens is 384 g/mol. The smallest absolute Gasteiger partial charge is 0.0178 e. The van der Waals surface area contributed by atoms with Gasteiger partial charge in [-0.1, -0.05) is 156 Å². The molecule has 164 valence electrons. The molecule has 0 saturated heterocycles. The fourth-order valence-corrected chi connectivity index (χ4v) is 3.27. The first kappa shape index (κ1) is 26.4. The highest BCUT2D eigenvalue weighted by molar-refractivity contribution is 5.82. The van der Waals surface area contributed by atoms with E-state index in [4.69, 9.17) is 0 Å². The number of benzene rings is 5. The minimum atomic E-state index is 0. The molecule has 0 atom stereocenters. The second-order valence-corrected chi connectivity index (χ2v) is 6.66. The van der Waals surface area contributed by atoms with Crippen LogP contribution in [0.1, 0.15) is 28.7 Å². The van der Waals surface area contributed by atoms with Crippen molar-refractivity contribution in [3.05, 3.63) is 133 Å². The summed E-state index contributed by atoms with van der Waals surface area (Å²) in [6.45, 7) is 4.00. The second-order valence-electron chi connectivity index (χ2n) is 6.66. The summed E-state index contributed by atoms with van der Waals surface area (Å²) in [5.41, 5.74) is 5.04. The molecule has 0 heterocycles. The van der Waals surface area contributed by atoms with E-state index in [1.807, 2.05) is 26.0 Å². The summed E-state index contributed by atoms with van der Waals surface area (Å²) < 4.78 is 0. The number of hydrogen-bond donors (Lipinski definition) is 0. The SMILES string of the molecule is C.C.CC.c1ccc(-c2cccc(-c3ccccc3)c2)cc1.c1ccc2ccccc2c1. The molecule has 32 heavy (non-hydrogen) atoms. The van der Waals surface area contributed by atoms with Crippen LogP contribution >= 0.6 is 0 Å². The van der Waals surface area contributed by atoms with Crippen LogP contribution in [0.2, 0.25) is 0 Å². The van der Waals surface area contributed by atoms with Crippen molar-refractivity contribution in [3.63, 3.8) is 0 Å². The average Bonchev–Trinajstić information content (AvgIpc) is 2.87. The van der Waals surface area contributed by atoms with E-state index >= 15 is 0 Å². The molecule has 0 saturated carbocycles. The summed E-state index contributed by atoms with van der Waals surface area (Å²) in [6, 6.07) is 46.3. The van der Waals surface area contributed by atoms with Crippen LogP contribution in [0, 0.1) is 0 Å². The Bertz CT molecular complexity index is 1020. The monoisotopic (exact) mass is 420 g/mol. The first-order chi connectivity index (χ1) is 14.9. The highest BCUT2D eigenvalue weighted by Gasteiger charge is 2.00. The minimum Gasteiger partial charge on any atom is -0.0776 e. The Labute approximate surface area is 195 Å². The molecule has 0 N–H and O–H groups in total. The maximum atomic E-state index is 2.24. The van der Waals surface area contributed by atoms with Crippen molar-refractivity contribution in [1.29, 1.82) is 0 Å². The maximum Gasteiger partial charge on any atom is -0.0178 e. The molecule has 0 nitrogen and oxygen atoms in total. The van der Waals surface area contributed by atoms with Gasteiger partial charge in [0.05, 0.1) is 0 Å². The third-order valence-corrected chi connectivity index (χ3v) is 4.74. The van der Waals surface area contributed by atoms with Gasteiger partial charge in [0, 0.05) is 0 Å². The van der Waals surface area contributed by atoms with E-state index < -0.39 is 0 Å². The van der Waals surface area contributed by atoms with Crippen LogP contribution in [-0.4, -0.2) is 0 Å². The van der Waals surface area contributed by atoms with Gasteiger partial charge in [0.25, 0.3) is 0 Å². The molecule has 5 aromatic rings. The predicted molar refractivity (Wildman–Crippen MR) is 146 cm³/mol. The molecule has 0 aliphatic rings. The molecule has 5 rings (SSSR count). The van der Waals surface area contributed by atoms with E-state index in [1.165, 1.54) is 33.0 Å². The zero-order chi connectivity index (χ0) is 21.0. The van der Waals surface area contributed by atoms with Crippen LogP contribution in [0.25, 0.3) is 33.0 Å². The Hall–Kier alpha value is -3.64. The Kier molecular flexibility index (Phi) is 11.9. The van der Waals surface area contributed by atoms with Crippen LogP contribution < -0.4 is 0 Å². The fraction of sp³-hybridized carbons (Fsp3) is 0.125. The first-order valence-electron chi connectivity index (χ1n) is 10.5. The molecule has 5 aromatic carbocycles. The molecule has 0 aromatic heterocycles. The summed E-state index contributed by atoms with van der Waals surface area (Å²) in [6.07, 6.45) is 0. The van der Waals surface area contributed by atoms with Gasteiger partial charge in [0.2, 0.25) is 0 Å². The van der Waals surface area contributed by atoms with Gasteiger partial charge in [-0.25, -0.2) is 0 Å². The van der Waals surface area contributed by atoms with Crippen LogP contribution in [0.5, 0.6) is 0 Å². The average molecular weight is 421 g/mol.